The van der Waals surface area contributed by atoms with Gasteiger partial charge in [-0.1, -0.05) is 26.0 Å². The van der Waals surface area contributed by atoms with Gasteiger partial charge in [0.2, 0.25) is 6.29 Å². The fourth-order valence-corrected chi connectivity index (χ4v) is 3.87. The maximum absolute atomic E-state index is 13.1. The fourth-order valence-electron chi connectivity index (χ4n) is 3.87. The van der Waals surface area contributed by atoms with Crippen LogP contribution in [0.25, 0.3) is 5.70 Å². The minimum absolute atomic E-state index is 0. The summed E-state index contributed by atoms with van der Waals surface area (Å²) in [6.45, 7) is 9.66. The van der Waals surface area contributed by atoms with Crippen LogP contribution in [0.15, 0.2) is 60.3 Å². The standard InChI is InChI=1S/C23H29N4O2.C5H5NO2.CH3.U/c1-5-8-19-17-21(23(28)26-14-12-25(3)13-15-26)24-27(19)22(9-6-2)18-10-7-11-20(16-18)29-4;7-4-5-6-2-1-3-8-5;;/h6-7,9-10,16-17H,2,5,8,12-15H2,1,3-4H3;1-2,4H,3H2;1H3;/q-1;;-1;+2/b22-9-;;;. The summed E-state index contributed by atoms with van der Waals surface area (Å²) < 4.78 is 11.9. The van der Waals surface area contributed by atoms with Crippen molar-refractivity contribution in [3.05, 3.63) is 85.7 Å². The van der Waals surface area contributed by atoms with E-state index in [0.29, 0.717) is 24.3 Å². The molecule has 0 atom stereocenters. The Morgan fingerprint density at radius 3 is 2.56 bits per heavy atom. The van der Waals surface area contributed by atoms with Gasteiger partial charge in [-0.25, -0.2) is 9.67 Å². The van der Waals surface area contributed by atoms with Crippen molar-refractivity contribution in [2.24, 2.45) is 4.99 Å². The predicted octanol–water partition coefficient (Wildman–Crippen LogP) is 3.69. The predicted molar refractivity (Wildman–Crippen MR) is 150 cm³/mol. The molecule has 0 N–H and O–H groups in total. The van der Waals surface area contributed by atoms with Gasteiger partial charge >= 0.3 is 31.1 Å². The number of methoxy groups -OCH3 is 1. The number of aliphatic imine (C=N–C) groups is 1. The molecule has 2 aliphatic rings. The molecule has 10 heteroatoms. The number of likely N-dealkylation sites (N-methyl/N-ethyl adjacent to an activating group) is 1. The zero-order valence-electron chi connectivity index (χ0n) is 23.2. The van der Waals surface area contributed by atoms with E-state index in [9.17, 15) is 9.59 Å². The van der Waals surface area contributed by atoms with E-state index in [1.807, 2.05) is 39.9 Å². The molecule has 3 heterocycles. The quantitative estimate of drug-likeness (QED) is 0.232. The molecule has 2 aromatic rings. The van der Waals surface area contributed by atoms with Crippen LogP contribution in [0.4, 0.5) is 0 Å². The summed E-state index contributed by atoms with van der Waals surface area (Å²) in [6.07, 6.45) is 9.29. The van der Waals surface area contributed by atoms with Gasteiger partial charge < -0.3 is 26.7 Å². The van der Waals surface area contributed by atoms with Crippen molar-refractivity contribution in [1.82, 2.24) is 19.6 Å². The van der Waals surface area contributed by atoms with Crippen LogP contribution < -0.4 is 4.74 Å². The summed E-state index contributed by atoms with van der Waals surface area (Å²) in [7, 11) is 3.70. The van der Waals surface area contributed by atoms with E-state index in [1.165, 1.54) is 0 Å². The zero-order valence-corrected chi connectivity index (χ0v) is 27.4. The molecule has 0 saturated carbocycles. The summed E-state index contributed by atoms with van der Waals surface area (Å²) in [5.41, 5.74) is 3.28. The number of carbonyl (C=O) groups is 2. The van der Waals surface area contributed by atoms with Gasteiger partial charge in [0.1, 0.15) is 6.61 Å². The molecule has 206 valence electrons. The Morgan fingerprint density at radius 1 is 1.26 bits per heavy atom. The van der Waals surface area contributed by atoms with Gasteiger partial charge in [-0.2, -0.15) is 17.2 Å². The number of aromatic nitrogens is 2. The van der Waals surface area contributed by atoms with Crippen molar-refractivity contribution in [2.75, 3.05) is 46.9 Å². The van der Waals surface area contributed by atoms with Crippen LogP contribution in [-0.2, 0) is 16.0 Å². The largest absolute Gasteiger partial charge is 2.00 e. The van der Waals surface area contributed by atoms with Crippen molar-refractivity contribution < 1.29 is 50.2 Å². The average molecular weight is 758 g/mol. The molecule has 0 bridgehead atoms. The molecule has 0 aliphatic carbocycles. The van der Waals surface area contributed by atoms with Gasteiger partial charge in [0, 0.05) is 49.5 Å². The maximum atomic E-state index is 13.1. The van der Waals surface area contributed by atoms with Gasteiger partial charge in [-0.05, 0) is 31.7 Å². The number of allylic oxidation sites excluding steroid dienone is 2. The number of hydrogen-bond donors (Lipinski definition) is 0. The third-order valence-corrected chi connectivity index (χ3v) is 5.83. The number of hydrogen-bond acceptors (Lipinski definition) is 7. The molecular formula is C29H37N5O4U. The van der Waals surface area contributed by atoms with Crippen LogP contribution in [0, 0.1) is 44.6 Å². The Hall–Kier alpha value is -2.93. The van der Waals surface area contributed by atoms with Crippen LogP contribution in [0.5, 0.6) is 5.75 Å². The molecule has 2 aliphatic heterocycles. The van der Waals surface area contributed by atoms with Crippen LogP contribution in [0.2, 0.25) is 0 Å². The summed E-state index contributed by atoms with van der Waals surface area (Å²) >= 11 is 0. The molecule has 9 nitrogen and oxygen atoms in total. The smallest absolute Gasteiger partial charge is 0.523 e. The van der Waals surface area contributed by atoms with Gasteiger partial charge in [-0.3, -0.25) is 9.59 Å². The van der Waals surface area contributed by atoms with Gasteiger partial charge in [0.05, 0.1) is 7.11 Å². The van der Waals surface area contributed by atoms with Crippen LogP contribution in [-0.4, -0.2) is 84.6 Å². The molecule has 39 heavy (non-hydrogen) atoms. The monoisotopic (exact) mass is 757 g/mol. The average Bonchev–Trinajstić information content (AvgIpc) is 3.36. The Labute approximate surface area is 255 Å². The molecular weight excluding hydrogens is 720 g/mol. The number of carbonyl (C=O) groups excluding carboxylic acids is 2. The van der Waals surface area contributed by atoms with Crippen molar-refractivity contribution in [3.63, 3.8) is 0 Å². The second-order valence-corrected chi connectivity index (χ2v) is 8.49. The van der Waals surface area contributed by atoms with E-state index >= 15 is 0 Å². The van der Waals surface area contributed by atoms with Crippen molar-refractivity contribution in [2.45, 2.75) is 19.8 Å². The number of nitrogens with zero attached hydrogens (tertiary/aromatic N) is 5. The third-order valence-electron chi connectivity index (χ3n) is 5.83. The third kappa shape index (κ3) is 9.64. The van der Waals surface area contributed by atoms with E-state index in [-0.39, 0.29) is 50.3 Å². The summed E-state index contributed by atoms with van der Waals surface area (Å²) in [4.78, 5) is 30.6. The number of benzene rings is 1. The van der Waals surface area contributed by atoms with Crippen LogP contribution >= 0.6 is 0 Å². The fraction of sp³-hybridized carbons (Fsp3) is 0.345. The van der Waals surface area contributed by atoms with E-state index in [0.717, 1.165) is 56.0 Å². The molecule has 1 aromatic carbocycles. The number of aldehydes is 1. The van der Waals surface area contributed by atoms with E-state index in [2.05, 4.69) is 36.5 Å². The van der Waals surface area contributed by atoms with Crippen molar-refractivity contribution in [1.29, 1.82) is 0 Å². The Balaban J connectivity index is 0.000000655. The summed E-state index contributed by atoms with van der Waals surface area (Å²) in [5, 5.41) is 4.72. The molecule has 1 amide bonds. The minimum Gasteiger partial charge on any atom is -0.523 e. The first-order chi connectivity index (χ1) is 18.0. The van der Waals surface area contributed by atoms with E-state index in [1.54, 1.807) is 25.5 Å². The first-order valence-corrected chi connectivity index (χ1v) is 12.3. The van der Waals surface area contributed by atoms with Gasteiger partial charge in [0.25, 0.3) is 11.8 Å². The first kappa shape index (κ1) is 34.1. The molecule has 4 rings (SSSR count). The summed E-state index contributed by atoms with van der Waals surface area (Å²) in [6, 6.07) is 10.7. The summed E-state index contributed by atoms with van der Waals surface area (Å²) in [5.74, 6) is 0.800. The van der Waals surface area contributed by atoms with Crippen molar-refractivity contribution in [3.8, 4) is 5.75 Å². The van der Waals surface area contributed by atoms with Gasteiger partial charge in [0.15, 0.2) is 5.69 Å². The normalized spacial score (nSPS) is 14.9. The van der Waals surface area contributed by atoms with Crippen LogP contribution in [0.1, 0.15) is 35.1 Å². The topological polar surface area (TPSA) is 89.3 Å². The second kappa shape index (κ2) is 17.6. The Bertz CT molecular complexity index is 1180. The van der Waals surface area contributed by atoms with E-state index in [4.69, 9.17) is 14.6 Å². The van der Waals surface area contributed by atoms with Gasteiger partial charge in [-0.15, -0.1) is 17.7 Å². The first-order valence-electron chi connectivity index (χ1n) is 12.3. The number of aryl methyl sites for hydroxylation is 1. The Morgan fingerprint density at radius 2 is 2.00 bits per heavy atom. The second-order valence-electron chi connectivity index (χ2n) is 8.49. The molecule has 1 aromatic heterocycles. The number of rotatable bonds is 8. The molecule has 1 fully saturated rings. The number of ether oxygens (including phenoxy) is 2. The SMILES string of the molecule is C=C/C=C(/c1cc[c-]c(OC)c1)n1nc(C(=O)N2CCN(C)CC2)cc1CCC.O=CC1=NC=CCO1.[CH3-].[U+2]. The van der Waals surface area contributed by atoms with Crippen molar-refractivity contribution >= 4 is 23.8 Å². The molecule has 0 radical (unpaired) electrons. The minimum atomic E-state index is -0.00821. The number of piperazine rings is 1. The van der Waals surface area contributed by atoms with E-state index < -0.39 is 0 Å². The molecule has 1 saturated heterocycles. The molecule has 0 unspecified atom stereocenters. The maximum Gasteiger partial charge on any atom is 2.00 e. The number of amides is 1. The molecule has 0 spiro atoms. The Kier molecular flexibility index (Phi) is 15.4. The van der Waals surface area contributed by atoms with Crippen LogP contribution in [0.3, 0.4) is 0 Å². The zero-order chi connectivity index (χ0) is 26.6.